The lowest BCUT2D eigenvalue weighted by atomic mass is 9.82. The minimum atomic E-state index is -4.44. The van der Waals surface area contributed by atoms with Gasteiger partial charge in [-0.2, -0.15) is 13.2 Å². The fourth-order valence-corrected chi connectivity index (χ4v) is 3.20. The predicted molar refractivity (Wildman–Crippen MR) is 62.3 cm³/mol. The Labute approximate surface area is 108 Å². The van der Waals surface area contributed by atoms with E-state index in [4.69, 9.17) is 0 Å². The summed E-state index contributed by atoms with van der Waals surface area (Å²) in [5.74, 6) is 0. The van der Waals surface area contributed by atoms with Crippen LogP contribution in [0.25, 0.3) is 0 Å². The minimum Gasteiger partial charge on any atom is -0.385 e. The molecule has 6 heteroatoms. The van der Waals surface area contributed by atoms with Crippen molar-refractivity contribution < 1.29 is 18.3 Å². The molecule has 3 rings (SSSR count). The van der Waals surface area contributed by atoms with E-state index in [0.717, 1.165) is 25.1 Å². The molecule has 19 heavy (non-hydrogen) atoms. The topological polar surface area (TPSA) is 45.2 Å². The summed E-state index contributed by atoms with van der Waals surface area (Å²) in [6, 6.07) is 2.80. The van der Waals surface area contributed by atoms with Gasteiger partial charge >= 0.3 is 6.18 Å². The molecule has 2 unspecified atom stereocenters. The first kappa shape index (κ1) is 12.9. The highest BCUT2D eigenvalue weighted by Crippen LogP contribution is 2.40. The highest BCUT2D eigenvalue weighted by molar-refractivity contribution is 5.24. The Kier molecular flexibility index (Phi) is 2.83. The molecule has 2 atom stereocenters. The van der Waals surface area contributed by atoms with Gasteiger partial charge in [-0.15, -0.1) is 0 Å². The molecule has 2 N–H and O–H groups in total. The summed E-state index contributed by atoms with van der Waals surface area (Å²) in [5.41, 5.74) is -1.48. The van der Waals surface area contributed by atoms with Crippen LogP contribution in [0.3, 0.4) is 0 Å². The van der Waals surface area contributed by atoms with Gasteiger partial charge in [-0.25, -0.2) is 0 Å². The zero-order valence-electron chi connectivity index (χ0n) is 10.2. The van der Waals surface area contributed by atoms with Gasteiger partial charge in [0.05, 0.1) is 5.60 Å². The number of rotatable bonds is 1. The molecule has 0 radical (unpaired) electrons. The second kappa shape index (κ2) is 4.18. The summed E-state index contributed by atoms with van der Waals surface area (Å²) in [4.78, 5) is 3.44. The van der Waals surface area contributed by atoms with Crippen molar-refractivity contribution in [3.8, 4) is 0 Å². The molecule has 1 aromatic heterocycles. The highest BCUT2D eigenvalue weighted by atomic mass is 19.4. The summed E-state index contributed by atoms with van der Waals surface area (Å²) < 4.78 is 37.4. The van der Waals surface area contributed by atoms with Crippen LogP contribution in [0.1, 0.15) is 36.9 Å². The first-order valence-corrected chi connectivity index (χ1v) is 6.39. The van der Waals surface area contributed by atoms with Crippen molar-refractivity contribution in [3.63, 3.8) is 0 Å². The van der Waals surface area contributed by atoms with Crippen molar-refractivity contribution in [1.29, 1.82) is 0 Å². The number of aromatic nitrogens is 1. The average molecular weight is 272 g/mol. The SMILES string of the molecule is OC1(c2ccc(C(F)(F)F)nc2)CC2CCC(C1)N2. The molecule has 2 saturated heterocycles. The van der Waals surface area contributed by atoms with Crippen LogP contribution in [-0.4, -0.2) is 22.2 Å². The summed E-state index contributed by atoms with van der Waals surface area (Å²) in [6.45, 7) is 0. The fourth-order valence-electron chi connectivity index (χ4n) is 3.20. The molecular weight excluding hydrogens is 257 g/mol. The van der Waals surface area contributed by atoms with Crippen LogP contribution in [0.4, 0.5) is 13.2 Å². The molecule has 3 heterocycles. The van der Waals surface area contributed by atoms with Crippen molar-refractivity contribution in [1.82, 2.24) is 10.3 Å². The molecule has 3 nitrogen and oxygen atoms in total. The van der Waals surface area contributed by atoms with Gasteiger partial charge in [0, 0.05) is 23.8 Å². The maximum Gasteiger partial charge on any atom is 0.433 e. The first-order valence-electron chi connectivity index (χ1n) is 6.39. The van der Waals surface area contributed by atoms with Crippen molar-refractivity contribution in [3.05, 3.63) is 29.6 Å². The molecule has 2 fully saturated rings. The van der Waals surface area contributed by atoms with E-state index in [9.17, 15) is 18.3 Å². The van der Waals surface area contributed by atoms with Crippen LogP contribution < -0.4 is 5.32 Å². The Balaban J connectivity index is 1.86. The lowest BCUT2D eigenvalue weighted by Crippen LogP contribution is -2.46. The van der Waals surface area contributed by atoms with Crippen LogP contribution >= 0.6 is 0 Å². The van der Waals surface area contributed by atoms with Gasteiger partial charge in [-0.1, -0.05) is 6.07 Å². The van der Waals surface area contributed by atoms with E-state index in [0.29, 0.717) is 18.4 Å². The minimum absolute atomic E-state index is 0.256. The monoisotopic (exact) mass is 272 g/mol. The van der Waals surface area contributed by atoms with Crippen LogP contribution in [0.5, 0.6) is 0 Å². The third-order valence-electron chi connectivity index (χ3n) is 4.09. The standard InChI is InChI=1S/C13H15F3N2O/c14-13(15,16)11-4-1-8(7-17-11)12(19)5-9-2-3-10(6-12)18-9/h1,4,7,9-10,18-19H,2-3,5-6H2. The normalized spacial score (nSPS) is 34.5. The molecule has 104 valence electrons. The molecule has 0 amide bonds. The van der Waals surface area contributed by atoms with Crippen molar-refractivity contribution >= 4 is 0 Å². The Morgan fingerprint density at radius 2 is 1.84 bits per heavy atom. The summed E-state index contributed by atoms with van der Waals surface area (Å²) in [6.07, 6.45) is -0.170. The van der Waals surface area contributed by atoms with Crippen molar-refractivity contribution in [2.24, 2.45) is 0 Å². The summed E-state index contributed by atoms with van der Waals surface area (Å²) >= 11 is 0. The molecule has 2 bridgehead atoms. The molecule has 2 aliphatic rings. The molecule has 0 aliphatic carbocycles. The number of nitrogens with one attached hydrogen (secondary N) is 1. The smallest absolute Gasteiger partial charge is 0.385 e. The van der Waals surface area contributed by atoms with Crippen molar-refractivity contribution in [2.75, 3.05) is 0 Å². The molecular formula is C13H15F3N2O. The van der Waals surface area contributed by atoms with Gasteiger partial charge < -0.3 is 10.4 Å². The second-order valence-corrected chi connectivity index (χ2v) is 5.51. The Morgan fingerprint density at radius 3 is 2.32 bits per heavy atom. The Morgan fingerprint density at radius 1 is 1.21 bits per heavy atom. The van der Waals surface area contributed by atoms with Crippen LogP contribution in [0, 0.1) is 0 Å². The van der Waals surface area contributed by atoms with Gasteiger partial charge in [0.15, 0.2) is 0 Å². The maximum absolute atomic E-state index is 12.5. The molecule has 0 saturated carbocycles. The van der Waals surface area contributed by atoms with E-state index in [2.05, 4.69) is 10.3 Å². The number of hydrogen-bond acceptors (Lipinski definition) is 3. The van der Waals surface area contributed by atoms with E-state index < -0.39 is 17.5 Å². The summed E-state index contributed by atoms with van der Waals surface area (Å²) in [5, 5.41) is 14.0. The van der Waals surface area contributed by atoms with Crippen LogP contribution in [-0.2, 0) is 11.8 Å². The number of hydrogen-bond donors (Lipinski definition) is 2. The van der Waals surface area contributed by atoms with E-state index in [-0.39, 0.29) is 12.1 Å². The van der Waals surface area contributed by atoms with Gasteiger partial charge in [-0.05, 0) is 31.7 Å². The predicted octanol–water partition coefficient (Wildman–Crippen LogP) is 2.20. The second-order valence-electron chi connectivity index (χ2n) is 5.51. The van der Waals surface area contributed by atoms with Crippen LogP contribution in [0.2, 0.25) is 0 Å². The van der Waals surface area contributed by atoms with Gasteiger partial charge in [0.25, 0.3) is 0 Å². The van der Waals surface area contributed by atoms with E-state index in [1.807, 2.05) is 0 Å². The highest BCUT2D eigenvalue weighted by Gasteiger charge is 2.44. The molecule has 0 aromatic carbocycles. The molecule has 2 aliphatic heterocycles. The quantitative estimate of drug-likeness (QED) is 0.824. The zero-order valence-corrected chi connectivity index (χ0v) is 10.2. The van der Waals surface area contributed by atoms with Gasteiger partial charge in [0.2, 0.25) is 0 Å². The number of fused-ring (bicyclic) bond motifs is 2. The van der Waals surface area contributed by atoms with Gasteiger partial charge in [-0.3, -0.25) is 4.98 Å². The van der Waals surface area contributed by atoms with E-state index >= 15 is 0 Å². The fraction of sp³-hybridized carbons (Fsp3) is 0.615. The number of halogens is 3. The summed E-state index contributed by atoms with van der Waals surface area (Å²) in [7, 11) is 0. The number of aliphatic hydroxyl groups is 1. The van der Waals surface area contributed by atoms with E-state index in [1.54, 1.807) is 0 Å². The number of pyridine rings is 1. The maximum atomic E-state index is 12.5. The third kappa shape index (κ3) is 2.34. The van der Waals surface area contributed by atoms with E-state index in [1.165, 1.54) is 6.07 Å². The zero-order chi connectivity index (χ0) is 13.7. The molecule has 1 aromatic rings. The number of alkyl halides is 3. The number of piperidine rings is 1. The average Bonchev–Trinajstić information content (AvgIpc) is 2.68. The third-order valence-corrected chi connectivity index (χ3v) is 4.09. The lowest BCUT2D eigenvalue weighted by Gasteiger charge is -2.37. The Bertz CT molecular complexity index is 460. The lowest BCUT2D eigenvalue weighted by molar-refractivity contribution is -0.141. The number of nitrogens with zero attached hydrogens (tertiary/aromatic N) is 1. The van der Waals surface area contributed by atoms with Crippen LogP contribution in [0.15, 0.2) is 18.3 Å². The first-order chi connectivity index (χ1) is 8.87. The van der Waals surface area contributed by atoms with Gasteiger partial charge in [0.1, 0.15) is 5.69 Å². The molecule has 0 spiro atoms. The Hall–Kier alpha value is -1.14. The van der Waals surface area contributed by atoms with Crippen molar-refractivity contribution in [2.45, 2.75) is 49.5 Å². The largest absolute Gasteiger partial charge is 0.433 e.